The summed E-state index contributed by atoms with van der Waals surface area (Å²) in [4.78, 5) is 10.9. The third-order valence-electron chi connectivity index (χ3n) is 2.26. The molecule has 0 heterocycles. The standard InChI is InChI=1S/C11H15NO3.ClH/c12-10(6-3-7-13)8-4-1-2-5-9(8)11(14)15;/h1-2,4-5,10,13H,3,6-7,12H2,(H,14,15);1H/t10-;/m1./s1. The van der Waals surface area contributed by atoms with Crippen LogP contribution < -0.4 is 5.73 Å². The van der Waals surface area contributed by atoms with Crippen LogP contribution in [0.25, 0.3) is 0 Å². The fourth-order valence-electron chi connectivity index (χ4n) is 1.48. The van der Waals surface area contributed by atoms with Crippen LogP contribution >= 0.6 is 12.4 Å². The number of benzene rings is 1. The Labute approximate surface area is 100 Å². The molecule has 1 aromatic rings. The van der Waals surface area contributed by atoms with Gasteiger partial charge >= 0.3 is 5.97 Å². The summed E-state index contributed by atoms with van der Waals surface area (Å²) in [6, 6.07) is 6.36. The molecule has 0 amide bonds. The van der Waals surface area contributed by atoms with Crippen LogP contribution in [0.4, 0.5) is 0 Å². The van der Waals surface area contributed by atoms with Crippen LogP contribution in [0, 0.1) is 0 Å². The number of hydrogen-bond donors (Lipinski definition) is 3. The van der Waals surface area contributed by atoms with Crippen molar-refractivity contribution in [1.82, 2.24) is 0 Å². The first-order valence-corrected chi connectivity index (χ1v) is 4.85. The van der Waals surface area contributed by atoms with E-state index in [2.05, 4.69) is 0 Å². The highest BCUT2D eigenvalue weighted by molar-refractivity contribution is 5.89. The van der Waals surface area contributed by atoms with Gasteiger partial charge < -0.3 is 15.9 Å². The number of halogens is 1. The van der Waals surface area contributed by atoms with Crippen molar-refractivity contribution in [3.8, 4) is 0 Å². The lowest BCUT2D eigenvalue weighted by atomic mass is 9.98. The van der Waals surface area contributed by atoms with Gasteiger partial charge in [0, 0.05) is 12.6 Å². The van der Waals surface area contributed by atoms with Gasteiger partial charge in [-0.3, -0.25) is 0 Å². The lowest BCUT2D eigenvalue weighted by Crippen LogP contribution is -2.15. The lowest BCUT2D eigenvalue weighted by molar-refractivity contribution is 0.0695. The molecule has 0 spiro atoms. The number of carbonyl (C=O) groups is 1. The molecule has 16 heavy (non-hydrogen) atoms. The monoisotopic (exact) mass is 245 g/mol. The van der Waals surface area contributed by atoms with Crippen LogP contribution in [-0.4, -0.2) is 22.8 Å². The molecule has 0 radical (unpaired) electrons. The molecule has 1 aromatic carbocycles. The van der Waals surface area contributed by atoms with E-state index in [1.807, 2.05) is 0 Å². The molecule has 4 nitrogen and oxygen atoms in total. The van der Waals surface area contributed by atoms with Gasteiger partial charge in [0.1, 0.15) is 0 Å². The van der Waals surface area contributed by atoms with Gasteiger partial charge in [-0.1, -0.05) is 18.2 Å². The molecule has 0 saturated carbocycles. The summed E-state index contributed by atoms with van der Waals surface area (Å²) < 4.78 is 0. The molecule has 0 aromatic heterocycles. The number of aliphatic hydroxyl groups excluding tert-OH is 1. The van der Waals surface area contributed by atoms with E-state index in [9.17, 15) is 4.79 Å². The molecule has 0 aliphatic rings. The quantitative estimate of drug-likeness (QED) is 0.735. The molecule has 90 valence electrons. The minimum Gasteiger partial charge on any atom is -0.478 e. The predicted molar refractivity (Wildman–Crippen MR) is 63.9 cm³/mol. The van der Waals surface area contributed by atoms with Crippen LogP contribution in [0.5, 0.6) is 0 Å². The van der Waals surface area contributed by atoms with Gasteiger partial charge in [-0.05, 0) is 24.5 Å². The maximum absolute atomic E-state index is 10.9. The number of carboxylic acid groups (broad SMARTS) is 1. The molecule has 0 saturated heterocycles. The van der Waals surface area contributed by atoms with Crippen LogP contribution in [-0.2, 0) is 0 Å². The Kier molecular flexibility index (Phi) is 6.72. The van der Waals surface area contributed by atoms with E-state index in [1.165, 1.54) is 6.07 Å². The third-order valence-corrected chi connectivity index (χ3v) is 2.26. The van der Waals surface area contributed by atoms with Gasteiger partial charge in [0.2, 0.25) is 0 Å². The van der Waals surface area contributed by atoms with E-state index >= 15 is 0 Å². The van der Waals surface area contributed by atoms with E-state index in [4.69, 9.17) is 15.9 Å². The van der Waals surface area contributed by atoms with Crippen molar-refractivity contribution in [2.24, 2.45) is 5.73 Å². The summed E-state index contributed by atoms with van der Waals surface area (Å²) in [5.41, 5.74) is 6.71. The molecule has 0 fully saturated rings. The van der Waals surface area contributed by atoms with E-state index in [0.717, 1.165) is 0 Å². The first kappa shape index (κ1) is 14.9. The molecule has 0 aliphatic heterocycles. The minimum atomic E-state index is -0.968. The highest BCUT2D eigenvalue weighted by atomic mass is 35.5. The van der Waals surface area contributed by atoms with Crippen LogP contribution in [0.1, 0.15) is 34.8 Å². The fraction of sp³-hybridized carbons (Fsp3) is 0.364. The summed E-state index contributed by atoms with van der Waals surface area (Å²) in [5, 5.41) is 17.6. The topological polar surface area (TPSA) is 83.5 Å². The number of aromatic carboxylic acids is 1. The molecule has 4 N–H and O–H groups in total. The van der Waals surface area contributed by atoms with Gasteiger partial charge in [-0.15, -0.1) is 12.4 Å². The molecule has 1 rings (SSSR count). The van der Waals surface area contributed by atoms with Gasteiger partial charge in [0.05, 0.1) is 5.56 Å². The van der Waals surface area contributed by atoms with E-state index in [0.29, 0.717) is 18.4 Å². The summed E-state index contributed by atoms with van der Waals surface area (Å²) in [5.74, 6) is -0.968. The minimum absolute atomic E-state index is 0. The maximum atomic E-state index is 10.9. The van der Waals surface area contributed by atoms with E-state index in [1.54, 1.807) is 18.2 Å². The second-order valence-corrected chi connectivity index (χ2v) is 3.36. The second kappa shape index (κ2) is 7.22. The summed E-state index contributed by atoms with van der Waals surface area (Å²) in [7, 11) is 0. The normalized spacial score (nSPS) is 11.6. The SMILES string of the molecule is Cl.N[C@H](CCCO)c1ccccc1C(=O)O. The highest BCUT2D eigenvalue weighted by Crippen LogP contribution is 2.19. The largest absolute Gasteiger partial charge is 0.478 e. The smallest absolute Gasteiger partial charge is 0.336 e. The Hall–Kier alpha value is -1.10. The average Bonchev–Trinajstić information content (AvgIpc) is 2.25. The molecule has 0 unspecified atom stereocenters. The van der Waals surface area contributed by atoms with Crippen molar-refractivity contribution in [3.63, 3.8) is 0 Å². The van der Waals surface area contributed by atoms with Crippen LogP contribution in [0.2, 0.25) is 0 Å². The summed E-state index contributed by atoms with van der Waals surface area (Å²) in [6.45, 7) is 0.0724. The summed E-state index contributed by atoms with van der Waals surface area (Å²) in [6.07, 6.45) is 1.16. The highest BCUT2D eigenvalue weighted by Gasteiger charge is 2.14. The van der Waals surface area contributed by atoms with Gasteiger partial charge in [-0.2, -0.15) is 0 Å². The zero-order valence-electron chi connectivity index (χ0n) is 8.80. The third kappa shape index (κ3) is 3.81. The molecular formula is C11H16ClNO3. The molecule has 1 atom stereocenters. The summed E-state index contributed by atoms with van der Waals surface area (Å²) >= 11 is 0. The van der Waals surface area contributed by atoms with Gasteiger partial charge in [0.15, 0.2) is 0 Å². The Balaban J connectivity index is 0.00000225. The first-order valence-electron chi connectivity index (χ1n) is 4.85. The van der Waals surface area contributed by atoms with E-state index < -0.39 is 5.97 Å². The van der Waals surface area contributed by atoms with Crippen molar-refractivity contribution in [3.05, 3.63) is 35.4 Å². The van der Waals surface area contributed by atoms with Crippen molar-refractivity contribution in [2.45, 2.75) is 18.9 Å². The van der Waals surface area contributed by atoms with Gasteiger partial charge in [-0.25, -0.2) is 4.79 Å². The molecule has 5 heteroatoms. The van der Waals surface area contributed by atoms with E-state index in [-0.39, 0.29) is 30.6 Å². The number of rotatable bonds is 5. The van der Waals surface area contributed by atoms with Crippen molar-refractivity contribution in [1.29, 1.82) is 0 Å². The zero-order chi connectivity index (χ0) is 11.3. The Bertz CT molecular complexity index is 344. The van der Waals surface area contributed by atoms with Crippen LogP contribution in [0.15, 0.2) is 24.3 Å². The Morgan fingerprint density at radius 1 is 1.38 bits per heavy atom. The maximum Gasteiger partial charge on any atom is 0.336 e. The molecule has 0 bridgehead atoms. The Morgan fingerprint density at radius 3 is 2.56 bits per heavy atom. The first-order chi connectivity index (χ1) is 7.16. The predicted octanol–water partition coefficient (Wildman–Crippen LogP) is 1.58. The fourth-order valence-corrected chi connectivity index (χ4v) is 1.48. The number of nitrogens with two attached hydrogens (primary N) is 1. The zero-order valence-corrected chi connectivity index (χ0v) is 9.61. The lowest BCUT2D eigenvalue weighted by Gasteiger charge is -2.13. The molecular weight excluding hydrogens is 230 g/mol. The molecule has 0 aliphatic carbocycles. The Morgan fingerprint density at radius 2 is 2.00 bits per heavy atom. The number of carboxylic acids is 1. The van der Waals surface area contributed by atoms with Crippen LogP contribution in [0.3, 0.4) is 0 Å². The second-order valence-electron chi connectivity index (χ2n) is 3.36. The average molecular weight is 246 g/mol. The number of aliphatic hydroxyl groups is 1. The van der Waals surface area contributed by atoms with Crippen molar-refractivity contribution < 1.29 is 15.0 Å². The van der Waals surface area contributed by atoms with Gasteiger partial charge in [0.25, 0.3) is 0 Å². The van der Waals surface area contributed by atoms with Crippen molar-refractivity contribution >= 4 is 18.4 Å². The number of hydrogen-bond acceptors (Lipinski definition) is 3. The van der Waals surface area contributed by atoms with Crippen molar-refractivity contribution in [2.75, 3.05) is 6.61 Å².